The predicted molar refractivity (Wildman–Crippen MR) is 113 cm³/mol. The van der Waals surface area contributed by atoms with Gasteiger partial charge in [0.2, 0.25) is 5.91 Å². The van der Waals surface area contributed by atoms with E-state index in [1.54, 1.807) is 11.3 Å². The van der Waals surface area contributed by atoms with Gasteiger partial charge in [-0.2, -0.15) is 0 Å². The molecule has 1 aromatic heterocycles. The van der Waals surface area contributed by atoms with E-state index < -0.39 is 0 Å². The van der Waals surface area contributed by atoms with E-state index in [2.05, 4.69) is 39.3 Å². The zero-order valence-electron chi connectivity index (χ0n) is 17.7. The maximum atomic E-state index is 12.8. The van der Waals surface area contributed by atoms with Crippen LogP contribution in [0, 0.1) is 18.8 Å². The van der Waals surface area contributed by atoms with Gasteiger partial charge in [0.1, 0.15) is 0 Å². The monoisotopic (exact) mass is 408 g/mol. The van der Waals surface area contributed by atoms with Crippen molar-refractivity contribution < 1.29 is 9.53 Å². The molecule has 158 valence electrons. The molecule has 0 radical (unpaired) electrons. The van der Waals surface area contributed by atoms with Crippen molar-refractivity contribution in [2.75, 3.05) is 45.9 Å². The Hall–Kier alpha value is -1.02. The SMILES string of the molecule is Cc1nc(CN2CCC(C(=O)NCC(CC(C)C)N3CCOCC3)CC2)cs1. The van der Waals surface area contributed by atoms with Gasteiger partial charge >= 0.3 is 0 Å². The number of likely N-dealkylation sites (tertiary alicyclic amines) is 1. The van der Waals surface area contributed by atoms with Crippen molar-refractivity contribution in [3.05, 3.63) is 16.1 Å². The van der Waals surface area contributed by atoms with E-state index in [0.29, 0.717) is 12.0 Å². The fourth-order valence-corrected chi connectivity index (χ4v) is 4.88. The molecular formula is C21H36N4O2S. The number of aromatic nitrogens is 1. The van der Waals surface area contributed by atoms with Gasteiger partial charge < -0.3 is 10.1 Å². The summed E-state index contributed by atoms with van der Waals surface area (Å²) in [6.45, 7) is 13.8. The van der Waals surface area contributed by atoms with Gasteiger partial charge in [0, 0.05) is 43.5 Å². The van der Waals surface area contributed by atoms with Crippen molar-refractivity contribution in [1.82, 2.24) is 20.1 Å². The number of nitrogens with zero attached hydrogens (tertiary/aromatic N) is 3. The molecule has 2 aliphatic rings. The van der Waals surface area contributed by atoms with Gasteiger partial charge in [0.05, 0.1) is 23.9 Å². The van der Waals surface area contributed by atoms with Crippen molar-refractivity contribution in [3.8, 4) is 0 Å². The third kappa shape index (κ3) is 6.51. The number of hydrogen-bond donors (Lipinski definition) is 1. The van der Waals surface area contributed by atoms with Gasteiger partial charge in [0.15, 0.2) is 0 Å². The fraction of sp³-hybridized carbons (Fsp3) is 0.810. The molecule has 2 saturated heterocycles. The van der Waals surface area contributed by atoms with Gasteiger partial charge in [-0.3, -0.25) is 14.6 Å². The summed E-state index contributed by atoms with van der Waals surface area (Å²) >= 11 is 1.71. The summed E-state index contributed by atoms with van der Waals surface area (Å²) < 4.78 is 5.49. The van der Waals surface area contributed by atoms with Crippen molar-refractivity contribution in [2.24, 2.45) is 11.8 Å². The number of amides is 1. The first-order chi connectivity index (χ1) is 13.5. The molecule has 1 amide bonds. The number of ether oxygens (including phenoxy) is 1. The third-order valence-electron chi connectivity index (χ3n) is 5.83. The number of nitrogens with one attached hydrogen (secondary N) is 1. The largest absolute Gasteiger partial charge is 0.379 e. The molecule has 0 aromatic carbocycles. The lowest BCUT2D eigenvalue weighted by Gasteiger charge is -2.36. The van der Waals surface area contributed by atoms with E-state index in [-0.39, 0.29) is 11.8 Å². The Morgan fingerprint density at radius 1 is 1.29 bits per heavy atom. The van der Waals surface area contributed by atoms with Crippen LogP contribution < -0.4 is 5.32 Å². The number of hydrogen-bond acceptors (Lipinski definition) is 6. The van der Waals surface area contributed by atoms with Gasteiger partial charge in [-0.25, -0.2) is 4.98 Å². The van der Waals surface area contributed by atoms with E-state index in [1.807, 2.05) is 6.92 Å². The van der Waals surface area contributed by atoms with Crippen LogP contribution in [0.1, 0.15) is 43.8 Å². The standard InChI is InChI=1S/C21H36N4O2S/c1-16(2)12-20(25-8-10-27-11-9-25)13-22-21(26)18-4-6-24(7-5-18)14-19-15-28-17(3)23-19/h15-16,18,20H,4-14H2,1-3H3,(H,22,26). The highest BCUT2D eigenvalue weighted by atomic mass is 32.1. The van der Waals surface area contributed by atoms with Crippen LogP contribution in [-0.2, 0) is 16.1 Å². The zero-order chi connectivity index (χ0) is 19.9. The highest BCUT2D eigenvalue weighted by Crippen LogP contribution is 2.20. The summed E-state index contributed by atoms with van der Waals surface area (Å²) in [5.74, 6) is 1.02. The first kappa shape index (κ1) is 21.7. The minimum absolute atomic E-state index is 0.151. The van der Waals surface area contributed by atoms with Crippen LogP contribution in [0.5, 0.6) is 0 Å². The molecular weight excluding hydrogens is 372 g/mol. The molecule has 2 aliphatic heterocycles. The number of aryl methyl sites for hydroxylation is 1. The lowest BCUT2D eigenvalue weighted by molar-refractivity contribution is -0.126. The first-order valence-electron chi connectivity index (χ1n) is 10.7. The normalized spacial score (nSPS) is 21.1. The summed E-state index contributed by atoms with van der Waals surface area (Å²) in [6.07, 6.45) is 3.01. The summed E-state index contributed by atoms with van der Waals surface area (Å²) in [5, 5.41) is 6.55. The Bertz CT molecular complexity index is 607. The summed E-state index contributed by atoms with van der Waals surface area (Å²) in [7, 11) is 0. The van der Waals surface area contributed by atoms with E-state index >= 15 is 0 Å². The summed E-state index contributed by atoms with van der Waals surface area (Å²) in [5.41, 5.74) is 1.16. The van der Waals surface area contributed by atoms with Crippen LogP contribution in [0.2, 0.25) is 0 Å². The molecule has 0 aliphatic carbocycles. The molecule has 2 fully saturated rings. The van der Waals surface area contributed by atoms with E-state index in [1.165, 1.54) is 0 Å². The third-order valence-corrected chi connectivity index (χ3v) is 6.65. The van der Waals surface area contributed by atoms with Gasteiger partial charge in [0.25, 0.3) is 0 Å². The topological polar surface area (TPSA) is 57.7 Å². The lowest BCUT2D eigenvalue weighted by atomic mass is 9.95. The second-order valence-electron chi connectivity index (χ2n) is 8.59. The number of carbonyl (C=O) groups is 1. The molecule has 28 heavy (non-hydrogen) atoms. The van der Waals surface area contributed by atoms with Crippen molar-refractivity contribution in [1.29, 1.82) is 0 Å². The molecule has 0 spiro atoms. The molecule has 1 unspecified atom stereocenters. The smallest absolute Gasteiger partial charge is 0.223 e. The Morgan fingerprint density at radius 3 is 2.61 bits per heavy atom. The predicted octanol–water partition coefficient (Wildman–Crippen LogP) is 2.53. The van der Waals surface area contributed by atoms with Gasteiger partial charge in [-0.15, -0.1) is 11.3 Å². The molecule has 1 N–H and O–H groups in total. The molecule has 0 bridgehead atoms. The second-order valence-corrected chi connectivity index (χ2v) is 9.65. The number of rotatable bonds is 8. The molecule has 7 heteroatoms. The van der Waals surface area contributed by atoms with Crippen LogP contribution >= 0.6 is 11.3 Å². The minimum Gasteiger partial charge on any atom is -0.379 e. The average Bonchev–Trinajstić information content (AvgIpc) is 3.10. The lowest BCUT2D eigenvalue weighted by Crippen LogP contribution is -2.50. The minimum atomic E-state index is 0.151. The van der Waals surface area contributed by atoms with Gasteiger partial charge in [-0.05, 0) is 45.2 Å². The molecule has 6 nitrogen and oxygen atoms in total. The Kier molecular flexibility index (Phi) is 8.26. The van der Waals surface area contributed by atoms with Crippen molar-refractivity contribution in [3.63, 3.8) is 0 Å². The number of carbonyl (C=O) groups excluding carboxylic acids is 1. The average molecular weight is 409 g/mol. The van der Waals surface area contributed by atoms with Crippen LogP contribution in [0.4, 0.5) is 0 Å². The number of thiazole rings is 1. The quantitative estimate of drug-likeness (QED) is 0.716. The highest BCUT2D eigenvalue weighted by molar-refractivity contribution is 7.09. The van der Waals surface area contributed by atoms with E-state index in [0.717, 1.165) is 82.4 Å². The van der Waals surface area contributed by atoms with Gasteiger partial charge in [-0.1, -0.05) is 13.8 Å². The molecule has 1 atom stereocenters. The number of piperidine rings is 1. The zero-order valence-corrected chi connectivity index (χ0v) is 18.5. The van der Waals surface area contributed by atoms with Crippen LogP contribution in [0.15, 0.2) is 5.38 Å². The summed E-state index contributed by atoms with van der Waals surface area (Å²) in [4.78, 5) is 22.2. The van der Waals surface area contributed by atoms with Crippen LogP contribution in [-0.4, -0.2) is 72.7 Å². The highest BCUT2D eigenvalue weighted by Gasteiger charge is 2.27. The van der Waals surface area contributed by atoms with Crippen molar-refractivity contribution >= 4 is 17.2 Å². The Balaban J connectivity index is 1.42. The molecule has 0 saturated carbocycles. The number of morpholine rings is 1. The summed E-state index contributed by atoms with van der Waals surface area (Å²) in [6, 6.07) is 0.417. The maximum absolute atomic E-state index is 12.8. The second kappa shape index (κ2) is 10.7. The molecule has 3 heterocycles. The van der Waals surface area contributed by atoms with Crippen LogP contribution in [0.3, 0.4) is 0 Å². The maximum Gasteiger partial charge on any atom is 0.223 e. The van der Waals surface area contributed by atoms with Crippen LogP contribution in [0.25, 0.3) is 0 Å². The van der Waals surface area contributed by atoms with Crippen molar-refractivity contribution in [2.45, 2.75) is 52.6 Å². The van der Waals surface area contributed by atoms with E-state index in [4.69, 9.17) is 4.74 Å². The first-order valence-corrected chi connectivity index (χ1v) is 11.6. The van der Waals surface area contributed by atoms with E-state index in [9.17, 15) is 4.79 Å². The fourth-order valence-electron chi connectivity index (χ4n) is 4.27. The molecule has 1 aromatic rings. The Morgan fingerprint density at radius 2 is 2.00 bits per heavy atom. The molecule has 3 rings (SSSR count). The Labute approximate surface area is 173 Å².